The Balaban J connectivity index is 1.68. The van der Waals surface area contributed by atoms with Gasteiger partial charge in [-0.25, -0.2) is 4.68 Å². The first-order valence-corrected chi connectivity index (χ1v) is 6.96. The van der Waals surface area contributed by atoms with Crippen molar-refractivity contribution in [1.82, 2.24) is 40.7 Å². The van der Waals surface area contributed by atoms with Crippen molar-refractivity contribution in [2.75, 3.05) is 12.3 Å². The number of rotatable bonds is 6. The summed E-state index contributed by atoms with van der Waals surface area (Å²) < 4.78 is 1.41. The molecule has 1 atom stereocenters. The molecule has 1 amide bonds. The number of nitrogens with one attached hydrogen (secondary N) is 2. The maximum Gasteiger partial charge on any atom is 0.249 e. The van der Waals surface area contributed by atoms with E-state index in [9.17, 15) is 4.79 Å². The molecule has 2 heterocycles. The van der Waals surface area contributed by atoms with E-state index in [0.717, 1.165) is 5.56 Å². The van der Waals surface area contributed by atoms with E-state index in [-0.39, 0.29) is 11.9 Å². The van der Waals surface area contributed by atoms with E-state index in [1.54, 1.807) is 0 Å². The minimum atomic E-state index is -0.633. The van der Waals surface area contributed by atoms with Gasteiger partial charge in [0.05, 0.1) is 0 Å². The number of hydrogen-bond donors (Lipinski definition) is 3. The van der Waals surface area contributed by atoms with Gasteiger partial charge in [-0.15, -0.1) is 10.2 Å². The molecule has 0 aliphatic heterocycles. The van der Waals surface area contributed by atoms with E-state index in [4.69, 9.17) is 5.73 Å². The molecule has 0 fully saturated rings. The molecule has 10 nitrogen and oxygen atoms in total. The van der Waals surface area contributed by atoms with Crippen LogP contribution in [0.5, 0.6) is 0 Å². The second-order valence-corrected chi connectivity index (χ2v) is 4.78. The zero-order chi connectivity index (χ0) is 16.1. The van der Waals surface area contributed by atoms with Crippen LogP contribution in [-0.4, -0.2) is 47.8 Å². The number of hydrogen-bond acceptors (Lipinski definition) is 7. The molecule has 0 aliphatic carbocycles. The minimum absolute atomic E-state index is 0.183. The van der Waals surface area contributed by atoms with Gasteiger partial charge in [-0.05, 0) is 16.0 Å². The van der Waals surface area contributed by atoms with Gasteiger partial charge in [-0.1, -0.05) is 30.3 Å². The predicted molar refractivity (Wildman–Crippen MR) is 79.9 cm³/mol. The van der Waals surface area contributed by atoms with E-state index in [2.05, 4.69) is 36.0 Å². The molecule has 0 radical (unpaired) electrons. The van der Waals surface area contributed by atoms with Crippen LogP contribution in [0.4, 0.5) is 5.95 Å². The molecular weight excluding hydrogens is 298 g/mol. The minimum Gasteiger partial charge on any atom is -0.367 e. The summed E-state index contributed by atoms with van der Waals surface area (Å²) in [5.41, 5.74) is 6.23. The summed E-state index contributed by atoms with van der Waals surface area (Å²) in [6.07, 6.45) is 1.90. The molecule has 0 saturated carbocycles. The SMILES string of the molecule is Nc1n[nH]c(CCNC(=O)C(c2ccccc2)n2cnnn2)n1. The summed E-state index contributed by atoms with van der Waals surface area (Å²) in [4.78, 5) is 16.5. The molecule has 0 aliphatic rings. The van der Waals surface area contributed by atoms with Gasteiger partial charge in [-0.3, -0.25) is 9.89 Å². The molecule has 0 saturated heterocycles. The second kappa shape index (κ2) is 6.64. The number of nitrogen functional groups attached to an aromatic ring is 1. The molecule has 4 N–H and O–H groups in total. The number of nitrogens with two attached hydrogens (primary N) is 1. The third kappa shape index (κ3) is 3.48. The first-order valence-electron chi connectivity index (χ1n) is 6.96. The molecule has 1 aromatic carbocycles. The van der Waals surface area contributed by atoms with Gasteiger partial charge in [0.2, 0.25) is 11.9 Å². The van der Waals surface area contributed by atoms with Crippen LogP contribution in [0.2, 0.25) is 0 Å². The highest BCUT2D eigenvalue weighted by molar-refractivity contribution is 5.83. The molecule has 2 aromatic heterocycles. The van der Waals surface area contributed by atoms with Gasteiger partial charge in [-0.2, -0.15) is 4.98 Å². The zero-order valence-electron chi connectivity index (χ0n) is 12.1. The number of aromatic amines is 1. The lowest BCUT2D eigenvalue weighted by molar-refractivity contribution is -0.123. The first kappa shape index (κ1) is 14.6. The fourth-order valence-electron chi connectivity index (χ4n) is 2.17. The van der Waals surface area contributed by atoms with Crippen molar-refractivity contribution in [2.24, 2.45) is 0 Å². The number of anilines is 1. The first-order chi connectivity index (χ1) is 11.2. The van der Waals surface area contributed by atoms with E-state index in [1.165, 1.54) is 11.0 Å². The highest BCUT2D eigenvalue weighted by Crippen LogP contribution is 2.16. The topological polar surface area (TPSA) is 140 Å². The lowest BCUT2D eigenvalue weighted by Gasteiger charge is -2.16. The monoisotopic (exact) mass is 313 g/mol. The van der Waals surface area contributed by atoms with Gasteiger partial charge < -0.3 is 11.1 Å². The molecular formula is C13H15N9O. The number of nitrogens with zero attached hydrogens (tertiary/aromatic N) is 6. The third-order valence-corrected chi connectivity index (χ3v) is 3.20. The predicted octanol–water partition coefficient (Wildman–Crippen LogP) is -0.678. The van der Waals surface area contributed by atoms with Gasteiger partial charge in [0.15, 0.2) is 6.04 Å². The van der Waals surface area contributed by atoms with E-state index >= 15 is 0 Å². The van der Waals surface area contributed by atoms with Crippen molar-refractivity contribution in [1.29, 1.82) is 0 Å². The highest BCUT2D eigenvalue weighted by Gasteiger charge is 2.23. The van der Waals surface area contributed by atoms with Crippen LogP contribution in [0.15, 0.2) is 36.7 Å². The maximum absolute atomic E-state index is 12.5. The molecule has 3 rings (SSSR count). The molecule has 1 unspecified atom stereocenters. The summed E-state index contributed by atoms with van der Waals surface area (Å²) in [6.45, 7) is 0.388. The largest absolute Gasteiger partial charge is 0.367 e. The Kier molecular flexibility index (Phi) is 4.22. The second-order valence-electron chi connectivity index (χ2n) is 4.78. The Bertz CT molecular complexity index is 753. The van der Waals surface area contributed by atoms with Crippen molar-refractivity contribution in [3.8, 4) is 0 Å². The maximum atomic E-state index is 12.5. The number of benzene rings is 1. The number of carbonyl (C=O) groups excluding carboxylic acids is 1. The Morgan fingerprint density at radius 3 is 2.83 bits per heavy atom. The summed E-state index contributed by atoms with van der Waals surface area (Å²) in [7, 11) is 0. The fraction of sp³-hybridized carbons (Fsp3) is 0.231. The van der Waals surface area contributed by atoms with E-state index < -0.39 is 6.04 Å². The summed E-state index contributed by atoms with van der Waals surface area (Å²) in [5.74, 6) is 0.583. The number of tetrazole rings is 1. The van der Waals surface area contributed by atoms with Crippen LogP contribution < -0.4 is 11.1 Å². The third-order valence-electron chi connectivity index (χ3n) is 3.20. The molecule has 0 spiro atoms. The quantitative estimate of drug-likeness (QED) is 0.547. The number of carbonyl (C=O) groups is 1. The number of aromatic nitrogens is 7. The molecule has 0 bridgehead atoms. The number of H-pyrrole nitrogens is 1. The van der Waals surface area contributed by atoms with Crippen LogP contribution in [-0.2, 0) is 11.2 Å². The van der Waals surface area contributed by atoms with Gasteiger partial charge in [0.25, 0.3) is 0 Å². The van der Waals surface area contributed by atoms with Gasteiger partial charge >= 0.3 is 0 Å². The molecule has 10 heteroatoms. The van der Waals surface area contributed by atoms with E-state index in [1.807, 2.05) is 30.3 Å². The van der Waals surface area contributed by atoms with Crippen LogP contribution in [0, 0.1) is 0 Å². The van der Waals surface area contributed by atoms with Crippen LogP contribution >= 0.6 is 0 Å². The van der Waals surface area contributed by atoms with Crippen molar-refractivity contribution in [3.05, 3.63) is 48.0 Å². The lowest BCUT2D eigenvalue weighted by Crippen LogP contribution is -2.35. The average Bonchev–Trinajstić information content (AvgIpc) is 3.21. The van der Waals surface area contributed by atoms with Crippen molar-refractivity contribution < 1.29 is 4.79 Å². The van der Waals surface area contributed by atoms with Crippen LogP contribution in [0.1, 0.15) is 17.4 Å². The average molecular weight is 313 g/mol. The van der Waals surface area contributed by atoms with Crippen molar-refractivity contribution in [3.63, 3.8) is 0 Å². The molecule has 3 aromatic rings. The van der Waals surface area contributed by atoms with E-state index in [0.29, 0.717) is 18.8 Å². The summed E-state index contributed by atoms with van der Waals surface area (Å²) in [5, 5.41) is 20.3. The normalized spacial score (nSPS) is 12.0. The Hall–Kier alpha value is -3.30. The highest BCUT2D eigenvalue weighted by atomic mass is 16.2. The number of amides is 1. The summed E-state index contributed by atoms with van der Waals surface area (Å²) >= 11 is 0. The van der Waals surface area contributed by atoms with Crippen molar-refractivity contribution in [2.45, 2.75) is 12.5 Å². The Labute approximate surface area is 131 Å². The van der Waals surface area contributed by atoms with Gasteiger partial charge in [0, 0.05) is 13.0 Å². The molecule has 23 heavy (non-hydrogen) atoms. The fourth-order valence-corrected chi connectivity index (χ4v) is 2.17. The smallest absolute Gasteiger partial charge is 0.249 e. The Morgan fingerprint density at radius 2 is 2.17 bits per heavy atom. The zero-order valence-corrected chi connectivity index (χ0v) is 12.1. The molecule has 118 valence electrons. The van der Waals surface area contributed by atoms with Crippen LogP contribution in [0.25, 0.3) is 0 Å². The van der Waals surface area contributed by atoms with Crippen molar-refractivity contribution >= 4 is 11.9 Å². The summed E-state index contributed by atoms with van der Waals surface area (Å²) in [6, 6.07) is 8.67. The van der Waals surface area contributed by atoms with Gasteiger partial charge in [0.1, 0.15) is 12.2 Å². The Morgan fingerprint density at radius 1 is 1.35 bits per heavy atom. The standard InChI is InChI=1S/C13H15N9O/c14-13-17-10(18-19-13)6-7-15-12(23)11(22-8-16-20-21-22)9-4-2-1-3-5-9/h1-5,8,11H,6-7H2,(H,15,23)(H3,14,17,18,19). The van der Waals surface area contributed by atoms with Crippen LogP contribution in [0.3, 0.4) is 0 Å². The lowest BCUT2D eigenvalue weighted by atomic mass is 10.1.